The number of benzene rings is 2. The van der Waals surface area contributed by atoms with E-state index < -0.39 is 0 Å². The van der Waals surface area contributed by atoms with E-state index in [0.29, 0.717) is 28.9 Å². The number of hydrogen-bond acceptors (Lipinski definition) is 6. The number of carbonyl (C=O) groups excluding carboxylic acids is 3. The monoisotopic (exact) mass is 376 g/mol. The van der Waals surface area contributed by atoms with Crippen LogP contribution < -0.4 is 5.32 Å². The highest BCUT2D eigenvalue weighted by Gasteiger charge is 2.34. The Morgan fingerprint density at radius 3 is 2.43 bits per heavy atom. The molecule has 0 radical (unpaired) electrons. The van der Waals surface area contributed by atoms with Crippen LogP contribution in [-0.2, 0) is 4.79 Å². The number of nitrogens with zero attached hydrogens (tertiary/aromatic N) is 5. The van der Waals surface area contributed by atoms with Gasteiger partial charge in [0.2, 0.25) is 5.91 Å². The van der Waals surface area contributed by atoms with Crippen LogP contribution in [0.25, 0.3) is 5.69 Å². The summed E-state index contributed by atoms with van der Waals surface area (Å²) in [6.45, 7) is 0.199. The molecule has 4 rings (SSSR count). The van der Waals surface area contributed by atoms with Gasteiger partial charge in [0.25, 0.3) is 11.8 Å². The van der Waals surface area contributed by atoms with Crippen LogP contribution in [0.3, 0.4) is 0 Å². The zero-order chi connectivity index (χ0) is 19.5. The maximum absolute atomic E-state index is 12.3. The molecular formula is C19H16N6O3. The summed E-state index contributed by atoms with van der Waals surface area (Å²) in [4.78, 5) is 38.0. The SMILES string of the molecule is O=C(CCCN1C(=O)c2ccccc2C1=O)Nc1cccc(-n2cnnn2)c1. The molecule has 28 heavy (non-hydrogen) atoms. The average Bonchev–Trinajstić information content (AvgIpc) is 3.32. The molecule has 1 aromatic heterocycles. The number of amides is 3. The molecule has 0 saturated heterocycles. The highest BCUT2D eigenvalue weighted by molar-refractivity contribution is 6.21. The Hall–Kier alpha value is -3.88. The second-order valence-corrected chi connectivity index (χ2v) is 6.26. The molecule has 140 valence electrons. The number of imide groups is 1. The van der Waals surface area contributed by atoms with E-state index in [9.17, 15) is 14.4 Å². The number of nitrogens with one attached hydrogen (secondary N) is 1. The molecule has 3 amide bonds. The molecule has 1 aliphatic heterocycles. The second-order valence-electron chi connectivity index (χ2n) is 6.26. The van der Waals surface area contributed by atoms with Gasteiger partial charge in [-0.15, -0.1) is 5.10 Å². The fourth-order valence-electron chi connectivity index (χ4n) is 3.07. The summed E-state index contributed by atoms with van der Waals surface area (Å²) in [5.74, 6) is -0.823. The van der Waals surface area contributed by atoms with Crippen molar-refractivity contribution in [2.75, 3.05) is 11.9 Å². The quantitative estimate of drug-likeness (QED) is 0.656. The molecule has 2 aromatic carbocycles. The standard InChI is InChI=1S/C19H16N6O3/c26-17(21-13-5-3-6-14(11-13)25-12-20-22-23-25)9-4-10-24-18(27)15-7-1-2-8-16(15)19(24)28/h1-3,5-8,11-12H,4,9-10H2,(H,21,26). The van der Waals surface area contributed by atoms with Crippen molar-refractivity contribution in [2.24, 2.45) is 0 Å². The fourth-order valence-corrected chi connectivity index (χ4v) is 3.07. The largest absolute Gasteiger partial charge is 0.326 e. The van der Waals surface area contributed by atoms with E-state index in [0.717, 1.165) is 0 Å². The minimum atomic E-state index is -0.310. The van der Waals surface area contributed by atoms with Gasteiger partial charge >= 0.3 is 0 Å². The van der Waals surface area contributed by atoms with Gasteiger partial charge in [0.1, 0.15) is 6.33 Å². The van der Waals surface area contributed by atoms with Crippen molar-refractivity contribution in [3.05, 3.63) is 66.0 Å². The third kappa shape index (κ3) is 3.37. The minimum absolute atomic E-state index is 0.183. The Balaban J connectivity index is 1.32. The fraction of sp³-hybridized carbons (Fsp3) is 0.158. The normalized spacial score (nSPS) is 12.9. The first-order valence-electron chi connectivity index (χ1n) is 8.72. The summed E-state index contributed by atoms with van der Waals surface area (Å²) < 4.78 is 1.48. The maximum Gasteiger partial charge on any atom is 0.261 e. The molecule has 1 aliphatic rings. The van der Waals surface area contributed by atoms with Crippen LogP contribution in [0.15, 0.2) is 54.9 Å². The van der Waals surface area contributed by atoms with Crippen molar-refractivity contribution in [3.8, 4) is 5.69 Å². The van der Waals surface area contributed by atoms with Crippen molar-refractivity contribution in [1.82, 2.24) is 25.1 Å². The Morgan fingerprint density at radius 1 is 1.00 bits per heavy atom. The van der Waals surface area contributed by atoms with Crippen LogP contribution in [0.2, 0.25) is 0 Å². The lowest BCUT2D eigenvalue weighted by Gasteiger charge is -2.13. The number of aromatic nitrogens is 4. The minimum Gasteiger partial charge on any atom is -0.326 e. The Labute approximate surface area is 160 Å². The van der Waals surface area contributed by atoms with Crippen LogP contribution >= 0.6 is 0 Å². The predicted molar refractivity (Wildman–Crippen MR) is 98.8 cm³/mol. The molecule has 0 bridgehead atoms. The topological polar surface area (TPSA) is 110 Å². The molecule has 0 fully saturated rings. The Kier molecular flexibility index (Phi) is 4.63. The second kappa shape index (κ2) is 7.39. The van der Waals surface area contributed by atoms with Gasteiger partial charge in [-0.25, -0.2) is 4.68 Å². The van der Waals surface area contributed by atoms with Crippen LogP contribution in [-0.4, -0.2) is 49.4 Å². The van der Waals surface area contributed by atoms with Gasteiger partial charge in [-0.05, 0) is 47.2 Å². The summed E-state index contributed by atoms with van der Waals surface area (Å²) in [5, 5.41) is 13.8. The van der Waals surface area contributed by atoms with Crippen molar-refractivity contribution in [2.45, 2.75) is 12.8 Å². The molecule has 0 spiro atoms. The molecular weight excluding hydrogens is 360 g/mol. The number of tetrazole rings is 1. The van der Waals surface area contributed by atoms with E-state index in [1.165, 1.54) is 15.9 Å². The van der Waals surface area contributed by atoms with Gasteiger partial charge in [-0.1, -0.05) is 18.2 Å². The summed E-state index contributed by atoms with van der Waals surface area (Å²) >= 11 is 0. The Morgan fingerprint density at radius 2 is 1.75 bits per heavy atom. The smallest absolute Gasteiger partial charge is 0.261 e. The van der Waals surface area contributed by atoms with Gasteiger partial charge in [0, 0.05) is 18.7 Å². The first-order valence-corrected chi connectivity index (χ1v) is 8.72. The van der Waals surface area contributed by atoms with Gasteiger partial charge in [0.15, 0.2) is 0 Å². The maximum atomic E-state index is 12.3. The van der Waals surface area contributed by atoms with Gasteiger partial charge in [0.05, 0.1) is 16.8 Å². The zero-order valence-electron chi connectivity index (χ0n) is 14.8. The highest BCUT2D eigenvalue weighted by Crippen LogP contribution is 2.22. The molecule has 0 aliphatic carbocycles. The van der Waals surface area contributed by atoms with E-state index in [2.05, 4.69) is 20.8 Å². The van der Waals surface area contributed by atoms with Crippen molar-refractivity contribution in [1.29, 1.82) is 0 Å². The van der Waals surface area contributed by atoms with Crippen molar-refractivity contribution < 1.29 is 14.4 Å². The Bertz CT molecular complexity index is 1010. The van der Waals surface area contributed by atoms with E-state index in [-0.39, 0.29) is 30.7 Å². The van der Waals surface area contributed by atoms with Crippen LogP contribution in [0, 0.1) is 0 Å². The molecule has 9 nitrogen and oxygen atoms in total. The highest BCUT2D eigenvalue weighted by atomic mass is 16.2. The summed E-state index contributed by atoms with van der Waals surface area (Å²) in [6, 6.07) is 13.8. The predicted octanol–water partition coefficient (Wildman–Crippen LogP) is 1.68. The first kappa shape index (κ1) is 17.5. The molecule has 0 atom stereocenters. The van der Waals surface area contributed by atoms with E-state index in [1.54, 1.807) is 42.5 Å². The lowest BCUT2D eigenvalue weighted by atomic mass is 10.1. The summed E-state index contributed by atoms with van der Waals surface area (Å²) in [7, 11) is 0. The van der Waals surface area contributed by atoms with Gasteiger partial charge in [-0.3, -0.25) is 19.3 Å². The van der Waals surface area contributed by atoms with Crippen LogP contribution in [0.5, 0.6) is 0 Å². The molecule has 0 unspecified atom stereocenters. The lowest BCUT2D eigenvalue weighted by molar-refractivity contribution is -0.116. The van der Waals surface area contributed by atoms with E-state index in [1.807, 2.05) is 6.07 Å². The van der Waals surface area contributed by atoms with Crippen molar-refractivity contribution >= 4 is 23.4 Å². The molecule has 9 heteroatoms. The van der Waals surface area contributed by atoms with Gasteiger partial charge < -0.3 is 5.32 Å². The van der Waals surface area contributed by atoms with Crippen LogP contribution in [0.4, 0.5) is 5.69 Å². The third-order valence-corrected chi connectivity index (χ3v) is 4.41. The number of anilines is 1. The van der Waals surface area contributed by atoms with E-state index in [4.69, 9.17) is 0 Å². The molecule has 1 N–H and O–H groups in total. The summed E-state index contributed by atoms with van der Waals surface area (Å²) in [5.41, 5.74) is 2.15. The average molecular weight is 376 g/mol. The number of rotatable bonds is 6. The first-order chi connectivity index (χ1) is 13.6. The molecule has 3 aromatic rings. The summed E-state index contributed by atoms with van der Waals surface area (Å²) in [6.07, 6.45) is 2.02. The molecule has 2 heterocycles. The number of fused-ring (bicyclic) bond motifs is 1. The number of hydrogen-bond donors (Lipinski definition) is 1. The van der Waals surface area contributed by atoms with E-state index >= 15 is 0 Å². The molecule has 0 saturated carbocycles. The lowest BCUT2D eigenvalue weighted by Crippen LogP contribution is -2.31. The third-order valence-electron chi connectivity index (χ3n) is 4.41. The zero-order valence-corrected chi connectivity index (χ0v) is 14.8. The van der Waals surface area contributed by atoms with Crippen molar-refractivity contribution in [3.63, 3.8) is 0 Å². The van der Waals surface area contributed by atoms with Gasteiger partial charge in [-0.2, -0.15) is 0 Å². The number of carbonyl (C=O) groups is 3. The van der Waals surface area contributed by atoms with Crippen LogP contribution in [0.1, 0.15) is 33.6 Å².